The molecule has 1 fully saturated rings. The van der Waals surface area contributed by atoms with Gasteiger partial charge >= 0.3 is 0 Å². The Morgan fingerprint density at radius 3 is 2.71 bits per heavy atom. The second-order valence-electron chi connectivity index (χ2n) is 10.6. The van der Waals surface area contributed by atoms with Gasteiger partial charge in [0.1, 0.15) is 6.61 Å². The van der Waals surface area contributed by atoms with Crippen LogP contribution in [0.5, 0.6) is 0 Å². The Balaban J connectivity index is 1.43. The van der Waals surface area contributed by atoms with Gasteiger partial charge in [0, 0.05) is 43.0 Å². The summed E-state index contributed by atoms with van der Waals surface area (Å²) in [6, 6.07) is 6.95. The van der Waals surface area contributed by atoms with Gasteiger partial charge in [-0.1, -0.05) is 55.8 Å². The van der Waals surface area contributed by atoms with E-state index in [0.717, 1.165) is 51.0 Å². The molecular weight excluding hydrogens is 438 g/mol. The lowest BCUT2D eigenvalue weighted by molar-refractivity contribution is 0.158. The van der Waals surface area contributed by atoms with Crippen molar-refractivity contribution in [2.45, 2.75) is 86.5 Å². The molecule has 0 unspecified atom stereocenters. The molecule has 0 saturated carbocycles. The molecule has 34 heavy (non-hydrogen) atoms. The van der Waals surface area contributed by atoms with Gasteiger partial charge in [0.25, 0.3) is 0 Å². The molecule has 1 aromatic carbocycles. The minimum absolute atomic E-state index is 0.365. The number of nitrogens with zero attached hydrogens (tertiary/aromatic N) is 3. The van der Waals surface area contributed by atoms with Gasteiger partial charge in [0.15, 0.2) is 0 Å². The molecule has 0 radical (unpaired) electrons. The molecule has 188 valence electrons. The largest absolute Gasteiger partial charge is 0.396 e. The van der Waals surface area contributed by atoms with Crippen LogP contribution in [0.25, 0.3) is 0 Å². The first-order valence-electron chi connectivity index (χ1n) is 13.2. The van der Waals surface area contributed by atoms with Crippen molar-refractivity contribution in [2.75, 3.05) is 26.2 Å². The highest BCUT2D eigenvalue weighted by molar-refractivity contribution is 7.95. The molecule has 1 aromatic rings. The lowest BCUT2D eigenvalue weighted by atomic mass is 9.83. The first-order chi connectivity index (χ1) is 16.3. The second-order valence-corrected chi connectivity index (χ2v) is 11.7. The van der Waals surface area contributed by atoms with Crippen molar-refractivity contribution >= 4 is 17.8 Å². The van der Waals surface area contributed by atoms with E-state index in [0.29, 0.717) is 12.0 Å². The first-order valence-corrected chi connectivity index (χ1v) is 13.9. The van der Waals surface area contributed by atoms with Crippen LogP contribution in [0.1, 0.15) is 90.3 Å². The molecule has 1 aliphatic carbocycles. The summed E-state index contributed by atoms with van der Waals surface area (Å²) in [6.07, 6.45) is 12.7. The quantitative estimate of drug-likeness (QED) is 0.174. The molecule has 1 aliphatic heterocycles. The summed E-state index contributed by atoms with van der Waals surface area (Å²) in [5, 5.41) is 4.30. The van der Waals surface area contributed by atoms with Crippen molar-refractivity contribution in [1.82, 2.24) is 8.61 Å². The Kier molecular flexibility index (Phi) is 10.1. The van der Waals surface area contributed by atoms with E-state index in [1.54, 1.807) is 0 Å². The van der Waals surface area contributed by atoms with Crippen molar-refractivity contribution in [3.05, 3.63) is 58.3 Å². The smallest absolute Gasteiger partial charge is 0.114 e. The van der Waals surface area contributed by atoms with Crippen LogP contribution in [-0.4, -0.2) is 40.6 Å². The third-order valence-corrected chi connectivity index (χ3v) is 7.86. The van der Waals surface area contributed by atoms with Crippen LogP contribution in [-0.2, 0) is 17.7 Å². The molecule has 0 aromatic heterocycles. The number of hydrogen-bond acceptors (Lipinski definition) is 5. The Morgan fingerprint density at radius 2 is 1.97 bits per heavy atom. The molecule has 0 bridgehead atoms. The standard InChI is InChI=1S/C29H45N3OS/c1-7-10-26(21-23(3)4)32-20-19-31(34-32)18-17-29(5,6)16-9-11-24-12-14-27-25(22-24)13-15-28(27)30-33-8-2/h10,12,14,21-22H,7-9,11,13,15-20H2,1-6H3/b26-10+,30-28+. The number of benzene rings is 1. The lowest BCUT2D eigenvalue weighted by Crippen LogP contribution is -2.22. The van der Waals surface area contributed by atoms with E-state index in [1.165, 1.54) is 47.2 Å². The highest BCUT2D eigenvalue weighted by Gasteiger charge is 2.25. The van der Waals surface area contributed by atoms with Crippen LogP contribution >= 0.6 is 12.1 Å². The fourth-order valence-electron chi connectivity index (χ4n) is 4.73. The number of rotatable bonds is 12. The summed E-state index contributed by atoms with van der Waals surface area (Å²) in [5.41, 5.74) is 8.40. The van der Waals surface area contributed by atoms with Crippen molar-refractivity contribution in [3.63, 3.8) is 0 Å². The van der Waals surface area contributed by atoms with Gasteiger partial charge in [0.05, 0.1) is 5.71 Å². The third-order valence-electron chi connectivity index (χ3n) is 6.68. The number of oxime groups is 1. The van der Waals surface area contributed by atoms with E-state index in [-0.39, 0.29) is 0 Å². The molecule has 3 rings (SSSR count). The highest BCUT2D eigenvalue weighted by atomic mass is 32.2. The van der Waals surface area contributed by atoms with E-state index >= 15 is 0 Å². The zero-order valence-electron chi connectivity index (χ0n) is 22.3. The highest BCUT2D eigenvalue weighted by Crippen LogP contribution is 2.33. The molecule has 0 amide bonds. The van der Waals surface area contributed by atoms with Crippen LogP contribution in [0.15, 0.2) is 46.8 Å². The van der Waals surface area contributed by atoms with Crippen LogP contribution < -0.4 is 0 Å². The van der Waals surface area contributed by atoms with Gasteiger partial charge in [0.2, 0.25) is 0 Å². The minimum atomic E-state index is 0.365. The number of allylic oxidation sites excluding steroid dienone is 3. The van der Waals surface area contributed by atoms with Gasteiger partial charge in [-0.2, -0.15) is 0 Å². The number of hydrogen-bond donors (Lipinski definition) is 0. The maximum Gasteiger partial charge on any atom is 0.114 e. The third kappa shape index (κ3) is 7.91. The summed E-state index contributed by atoms with van der Waals surface area (Å²) < 4.78 is 5.01. The van der Waals surface area contributed by atoms with E-state index < -0.39 is 0 Å². The molecule has 2 aliphatic rings. The Labute approximate surface area is 212 Å². The summed E-state index contributed by atoms with van der Waals surface area (Å²) in [6.45, 7) is 17.5. The molecule has 0 N–H and O–H groups in total. The fraction of sp³-hybridized carbons (Fsp3) is 0.621. The van der Waals surface area contributed by atoms with Crippen molar-refractivity contribution in [3.8, 4) is 0 Å². The minimum Gasteiger partial charge on any atom is -0.396 e. The molecule has 5 heteroatoms. The van der Waals surface area contributed by atoms with Gasteiger partial charge in [-0.15, -0.1) is 0 Å². The van der Waals surface area contributed by atoms with Crippen LogP contribution in [0.4, 0.5) is 0 Å². The zero-order chi connectivity index (χ0) is 24.6. The van der Waals surface area contributed by atoms with Gasteiger partial charge in [-0.3, -0.25) is 0 Å². The Bertz CT molecular complexity index is 899. The molecule has 4 nitrogen and oxygen atoms in total. The molecular formula is C29H45N3OS. The van der Waals surface area contributed by atoms with Crippen molar-refractivity contribution in [1.29, 1.82) is 0 Å². The summed E-state index contributed by atoms with van der Waals surface area (Å²) in [7, 11) is 0. The molecule has 0 spiro atoms. The number of aryl methyl sites for hydroxylation is 2. The normalized spacial score (nSPS) is 18.0. The van der Waals surface area contributed by atoms with Gasteiger partial charge < -0.3 is 9.14 Å². The van der Waals surface area contributed by atoms with Crippen LogP contribution in [0, 0.1) is 5.41 Å². The average Bonchev–Trinajstić information content (AvgIpc) is 3.43. The average molecular weight is 484 g/mol. The summed E-state index contributed by atoms with van der Waals surface area (Å²) >= 11 is 1.91. The van der Waals surface area contributed by atoms with E-state index in [4.69, 9.17) is 4.84 Å². The van der Waals surface area contributed by atoms with E-state index in [2.05, 4.69) is 78.7 Å². The topological polar surface area (TPSA) is 28.1 Å². The zero-order valence-corrected chi connectivity index (χ0v) is 23.1. The molecule has 1 heterocycles. The second kappa shape index (κ2) is 12.8. The lowest BCUT2D eigenvalue weighted by Gasteiger charge is -2.27. The monoisotopic (exact) mass is 483 g/mol. The maximum atomic E-state index is 5.29. The van der Waals surface area contributed by atoms with Gasteiger partial charge in [-0.25, -0.2) is 4.31 Å². The maximum absolute atomic E-state index is 5.29. The van der Waals surface area contributed by atoms with Gasteiger partial charge in [-0.05, 0) is 88.3 Å². The first kappa shape index (κ1) is 26.9. The fourth-order valence-corrected chi connectivity index (χ4v) is 5.73. The molecule has 0 atom stereocenters. The van der Waals surface area contributed by atoms with Crippen LogP contribution in [0.3, 0.4) is 0 Å². The Morgan fingerprint density at radius 1 is 1.15 bits per heavy atom. The summed E-state index contributed by atoms with van der Waals surface area (Å²) in [4.78, 5) is 5.29. The Hall–Kier alpha value is -1.72. The van der Waals surface area contributed by atoms with Crippen molar-refractivity contribution < 1.29 is 4.84 Å². The predicted octanol–water partition coefficient (Wildman–Crippen LogP) is 7.55. The van der Waals surface area contributed by atoms with E-state index in [1.807, 2.05) is 19.1 Å². The number of fused-ring (bicyclic) bond motifs is 1. The molecule has 1 saturated heterocycles. The predicted molar refractivity (Wildman–Crippen MR) is 148 cm³/mol. The summed E-state index contributed by atoms with van der Waals surface area (Å²) in [5.74, 6) is 0. The van der Waals surface area contributed by atoms with E-state index in [9.17, 15) is 0 Å². The SMILES string of the molecule is CC/C=C(\C=C(C)C)N1CCN(CCC(C)(C)CCCc2ccc3c(c2)CC/C3=N\OCC)S1. The van der Waals surface area contributed by atoms with Crippen LogP contribution in [0.2, 0.25) is 0 Å². The van der Waals surface area contributed by atoms with Crippen molar-refractivity contribution in [2.24, 2.45) is 10.6 Å².